The van der Waals surface area contributed by atoms with Crippen molar-refractivity contribution in [3.8, 4) is 6.07 Å². The van der Waals surface area contributed by atoms with Crippen molar-refractivity contribution in [2.24, 2.45) is 0 Å². The van der Waals surface area contributed by atoms with Crippen molar-refractivity contribution in [1.82, 2.24) is 15.6 Å². The Morgan fingerprint density at radius 2 is 2.45 bits per heavy atom. The van der Waals surface area contributed by atoms with Gasteiger partial charge in [0.2, 0.25) is 0 Å². The highest BCUT2D eigenvalue weighted by molar-refractivity contribution is 5.97. The van der Waals surface area contributed by atoms with Crippen LogP contribution < -0.4 is 10.6 Å². The first kappa shape index (κ1) is 15.7. The number of amides is 1. The van der Waals surface area contributed by atoms with Crippen LogP contribution in [0, 0.1) is 11.3 Å². The third-order valence-electron chi connectivity index (χ3n) is 2.46. The molecule has 1 aromatic heterocycles. The lowest BCUT2D eigenvalue weighted by atomic mass is 10.2. The van der Waals surface area contributed by atoms with E-state index in [0.29, 0.717) is 19.7 Å². The van der Waals surface area contributed by atoms with E-state index in [0.717, 1.165) is 12.0 Å². The molecule has 0 radical (unpaired) electrons. The van der Waals surface area contributed by atoms with Crippen molar-refractivity contribution < 1.29 is 9.53 Å². The van der Waals surface area contributed by atoms with Gasteiger partial charge >= 0.3 is 0 Å². The Balaban J connectivity index is 2.39. The fraction of sp³-hybridized carbons (Fsp3) is 0.357. The Labute approximate surface area is 118 Å². The molecular formula is C14H18N4O2. The molecule has 0 unspecified atom stereocenters. The standard InChI is InChI=1S/C14H18N4O2/c1-20-7-3-6-17-11-13(8-15)14(19)18-10-12-4-2-5-16-9-12/h2,4-5,9,11,17H,3,6-7,10H2,1H3,(H,18,19)/b13-11-. The largest absolute Gasteiger partial charge is 0.390 e. The van der Waals surface area contributed by atoms with Gasteiger partial charge in [0.05, 0.1) is 0 Å². The van der Waals surface area contributed by atoms with Gasteiger partial charge < -0.3 is 15.4 Å². The van der Waals surface area contributed by atoms with Crippen LogP contribution in [0.2, 0.25) is 0 Å². The molecule has 0 aliphatic rings. The zero-order chi connectivity index (χ0) is 14.6. The molecule has 0 fully saturated rings. The summed E-state index contributed by atoms with van der Waals surface area (Å²) >= 11 is 0. The van der Waals surface area contributed by atoms with Gasteiger partial charge in [-0.25, -0.2) is 0 Å². The predicted octanol–water partition coefficient (Wildman–Crippen LogP) is 0.731. The summed E-state index contributed by atoms with van der Waals surface area (Å²) in [6.45, 7) is 1.63. The van der Waals surface area contributed by atoms with Crippen molar-refractivity contribution in [2.45, 2.75) is 13.0 Å². The third kappa shape index (κ3) is 5.98. The first-order valence-corrected chi connectivity index (χ1v) is 6.27. The summed E-state index contributed by atoms with van der Waals surface area (Å²) in [5.74, 6) is -0.407. The van der Waals surface area contributed by atoms with E-state index in [2.05, 4.69) is 15.6 Å². The second-order valence-electron chi connectivity index (χ2n) is 4.01. The predicted molar refractivity (Wildman–Crippen MR) is 74.3 cm³/mol. The number of carbonyl (C=O) groups is 1. The van der Waals surface area contributed by atoms with E-state index < -0.39 is 5.91 Å². The van der Waals surface area contributed by atoms with Crippen molar-refractivity contribution in [3.05, 3.63) is 41.9 Å². The fourth-order valence-electron chi connectivity index (χ4n) is 1.42. The van der Waals surface area contributed by atoms with Gasteiger partial charge in [0, 0.05) is 45.4 Å². The number of nitrogens with one attached hydrogen (secondary N) is 2. The van der Waals surface area contributed by atoms with Crippen LogP contribution in [0.5, 0.6) is 0 Å². The van der Waals surface area contributed by atoms with Crippen LogP contribution in [0.1, 0.15) is 12.0 Å². The van der Waals surface area contributed by atoms with E-state index >= 15 is 0 Å². The topological polar surface area (TPSA) is 87.0 Å². The number of hydrogen-bond donors (Lipinski definition) is 2. The SMILES string of the molecule is COCCCN/C=C(/C#N)C(=O)NCc1cccnc1. The lowest BCUT2D eigenvalue weighted by Gasteiger charge is -2.05. The van der Waals surface area contributed by atoms with Crippen molar-refractivity contribution >= 4 is 5.91 Å². The second kappa shape index (κ2) is 9.53. The zero-order valence-corrected chi connectivity index (χ0v) is 11.4. The lowest BCUT2D eigenvalue weighted by Crippen LogP contribution is -2.25. The maximum Gasteiger partial charge on any atom is 0.263 e. The summed E-state index contributed by atoms with van der Waals surface area (Å²) in [4.78, 5) is 15.7. The molecular weight excluding hydrogens is 256 g/mol. The highest BCUT2D eigenvalue weighted by Crippen LogP contribution is 1.97. The smallest absolute Gasteiger partial charge is 0.263 e. The number of rotatable bonds is 8. The number of methoxy groups -OCH3 is 1. The lowest BCUT2D eigenvalue weighted by molar-refractivity contribution is -0.117. The highest BCUT2D eigenvalue weighted by Gasteiger charge is 2.07. The van der Waals surface area contributed by atoms with E-state index in [1.54, 1.807) is 25.6 Å². The molecule has 0 atom stereocenters. The molecule has 0 saturated heterocycles. The summed E-state index contributed by atoms with van der Waals surface area (Å²) in [5.41, 5.74) is 0.928. The number of hydrogen-bond acceptors (Lipinski definition) is 5. The molecule has 0 aromatic carbocycles. The minimum absolute atomic E-state index is 0.0475. The third-order valence-corrected chi connectivity index (χ3v) is 2.46. The van der Waals surface area contributed by atoms with Gasteiger partial charge in [0.15, 0.2) is 0 Å². The van der Waals surface area contributed by atoms with Crippen LogP contribution in [-0.4, -0.2) is 31.2 Å². The Bertz CT molecular complexity index is 480. The van der Waals surface area contributed by atoms with E-state index in [1.807, 2.05) is 12.1 Å². The summed E-state index contributed by atoms with van der Waals surface area (Å²) in [6.07, 6.45) is 5.56. The Morgan fingerprint density at radius 1 is 1.60 bits per heavy atom. The summed E-state index contributed by atoms with van der Waals surface area (Å²) in [6, 6.07) is 5.51. The summed E-state index contributed by atoms with van der Waals surface area (Å²) in [7, 11) is 1.63. The summed E-state index contributed by atoms with van der Waals surface area (Å²) in [5, 5.41) is 14.5. The van der Waals surface area contributed by atoms with Crippen molar-refractivity contribution in [2.75, 3.05) is 20.3 Å². The maximum atomic E-state index is 11.8. The quantitative estimate of drug-likeness (QED) is 0.414. The fourth-order valence-corrected chi connectivity index (χ4v) is 1.42. The molecule has 6 nitrogen and oxygen atoms in total. The van der Waals surface area contributed by atoms with Crippen molar-refractivity contribution in [3.63, 3.8) is 0 Å². The Morgan fingerprint density at radius 3 is 3.10 bits per heavy atom. The summed E-state index contributed by atoms with van der Waals surface area (Å²) < 4.78 is 4.90. The van der Waals surface area contributed by atoms with Crippen LogP contribution in [0.25, 0.3) is 0 Å². The van der Waals surface area contributed by atoms with Crippen LogP contribution in [0.4, 0.5) is 0 Å². The van der Waals surface area contributed by atoms with Gasteiger partial charge in [-0.2, -0.15) is 5.26 Å². The van der Waals surface area contributed by atoms with Crippen LogP contribution in [0.15, 0.2) is 36.3 Å². The van der Waals surface area contributed by atoms with Gasteiger partial charge in [-0.05, 0) is 18.1 Å². The Hall–Kier alpha value is -2.39. The van der Waals surface area contributed by atoms with Gasteiger partial charge in [-0.15, -0.1) is 0 Å². The zero-order valence-electron chi connectivity index (χ0n) is 11.4. The van der Waals surface area contributed by atoms with Gasteiger partial charge in [0.25, 0.3) is 5.91 Å². The first-order chi connectivity index (χ1) is 9.77. The molecule has 1 heterocycles. The normalized spacial score (nSPS) is 10.7. The molecule has 6 heteroatoms. The van der Waals surface area contributed by atoms with Gasteiger partial charge in [-0.3, -0.25) is 9.78 Å². The van der Waals surface area contributed by atoms with Gasteiger partial charge in [0.1, 0.15) is 11.6 Å². The molecule has 0 aliphatic carbocycles. The molecule has 106 valence electrons. The average molecular weight is 274 g/mol. The van der Waals surface area contributed by atoms with E-state index in [-0.39, 0.29) is 5.57 Å². The Kier molecular flexibility index (Phi) is 7.46. The molecule has 0 aliphatic heterocycles. The first-order valence-electron chi connectivity index (χ1n) is 6.27. The van der Waals surface area contributed by atoms with Crippen LogP contribution >= 0.6 is 0 Å². The molecule has 0 saturated carbocycles. The van der Waals surface area contributed by atoms with E-state index in [9.17, 15) is 4.79 Å². The van der Waals surface area contributed by atoms with E-state index in [1.165, 1.54) is 6.20 Å². The van der Waals surface area contributed by atoms with Crippen molar-refractivity contribution in [1.29, 1.82) is 5.26 Å². The van der Waals surface area contributed by atoms with Crippen LogP contribution in [0.3, 0.4) is 0 Å². The molecule has 1 rings (SSSR count). The molecule has 20 heavy (non-hydrogen) atoms. The minimum atomic E-state index is -0.407. The molecule has 0 bridgehead atoms. The maximum absolute atomic E-state index is 11.8. The number of aromatic nitrogens is 1. The number of ether oxygens (including phenoxy) is 1. The number of carbonyl (C=O) groups excluding carboxylic acids is 1. The number of nitriles is 1. The molecule has 1 amide bonds. The number of nitrogens with zero attached hydrogens (tertiary/aromatic N) is 2. The monoisotopic (exact) mass is 274 g/mol. The highest BCUT2D eigenvalue weighted by atomic mass is 16.5. The molecule has 2 N–H and O–H groups in total. The van der Waals surface area contributed by atoms with Gasteiger partial charge in [-0.1, -0.05) is 6.07 Å². The minimum Gasteiger partial charge on any atom is -0.390 e. The average Bonchev–Trinajstić information content (AvgIpc) is 2.49. The molecule has 0 spiro atoms. The molecule has 1 aromatic rings. The number of pyridine rings is 1. The van der Waals surface area contributed by atoms with Crippen LogP contribution in [-0.2, 0) is 16.1 Å². The van der Waals surface area contributed by atoms with E-state index in [4.69, 9.17) is 10.00 Å². The second-order valence-corrected chi connectivity index (χ2v) is 4.01.